The SMILES string of the molecule is C=CCNC(=O)c1ccc(-c2ccc3nnn(Cc4ccc5ncccc5c4)c3n2)cc1F. The van der Waals surface area contributed by atoms with Crippen molar-refractivity contribution in [1.29, 1.82) is 0 Å². The second kappa shape index (κ2) is 8.58. The summed E-state index contributed by atoms with van der Waals surface area (Å²) in [5, 5.41) is 12.1. The van der Waals surface area contributed by atoms with Crippen molar-refractivity contribution in [2.75, 3.05) is 6.54 Å². The lowest BCUT2D eigenvalue weighted by atomic mass is 10.1. The Morgan fingerprint density at radius 1 is 1.09 bits per heavy atom. The van der Waals surface area contributed by atoms with E-state index in [-0.39, 0.29) is 12.1 Å². The van der Waals surface area contributed by atoms with Crippen molar-refractivity contribution in [2.24, 2.45) is 0 Å². The van der Waals surface area contributed by atoms with E-state index in [9.17, 15) is 9.18 Å². The molecule has 2 aromatic carbocycles. The standard InChI is InChI=1S/C25H19FN6O/c1-2-11-28-25(33)19-7-6-18(14-20(19)26)22-9-10-23-24(29-22)32(31-30-23)15-16-5-8-21-17(13-16)4-3-12-27-21/h2-10,12-14H,1,11,15H2,(H,28,33). The van der Waals surface area contributed by atoms with E-state index < -0.39 is 11.7 Å². The van der Waals surface area contributed by atoms with Gasteiger partial charge >= 0.3 is 0 Å². The number of amides is 1. The summed E-state index contributed by atoms with van der Waals surface area (Å²) in [5.41, 5.74) is 4.28. The van der Waals surface area contributed by atoms with Gasteiger partial charge in [-0.1, -0.05) is 29.5 Å². The topological polar surface area (TPSA) is 85.6 Å². The third-order valence-electron chi connectivity index (χ3n) is 5.28. The van der Waals surface area contributed by atoms with Gasteiger partial charge in [0.05, 0.1) is 23.3 Å². The normalized spacial score (nSPS) is 11.1. The second-order valence-electron chi connectivity index (χ2n) is 7.51. The monoisotopic (exact) mass is 438 g/mol. The first kappa shape index (κ1) is 20.4. The van der Waals surface area contributed by atoms with E-state index in [2.05, 4.69) is 38.2 Å². The second-order valence-corrected chi connectivity index (χ2v) is 7.51. The Labute approximate surface area is 188 Å². The highest BCUT2D eigenvalue weighted by Crippen LogP contribution is 2.23. The first-order valence-electron chi connectivity index (χ1n) is 10.4. The maximum absolute atomic E-state index is 14.6. The summed E-state index contributed by atoms with van der Waals surface area (Å²) in [6.45, 7) is 4.29. The van der Waals surface area contributed by atoms with Crippen LogP contribution >= 0.6 is 0 Å². The molecule has 5 aromatic rings. The average molecular weight is 438 g/mol. The predicted molar refractivity (Wildman–Crippen MR) is 124 cm³/mol. The smallest absolute Gasteiger partial charge is 0.254 e. The summed E-state index contributed by atoms with van der Waals surface area (Å²) < 4.78 is 16.3. The Balaban J connectivity index is 1.46. The molecule has 3 aromatic heterocycles. The molecular formula is C25H19FN6O. The molecule has 162 valence electrons. The van der Waals surface area contributed by atoms with Gasteiger partial charge < -0.3 is 5.32 Å². The lowest BCUT2D eigenvalue weighted by Crippen LogP contribution is -2.24. The highest BCUT2D eigenvalue weighted by Gasteiger charge is 2.14. The van der Waals surface area contributed by atoms with Gasteiger partial charge in [-0.3, -0.25) is 9.78 Å². The zero-order chi connectivity index (χ0) is 22.8. The molecule has 0 aliphatic carbocycles. The van der Waals surface area contributed by atoms with E-state index in [4.69, 9.17) is 0 Å². The molecule has 33 heavy (non-hydrogen) atoms. The average Bonchev–Trinajstić information content (AvgIpc) is 3.24. The van der Waals surface area contributed by atoms with Crippen LogP contribution in [0.5, 0.6) is 0 Å². The number of carbonyl (C=O) groups excluding carboxylic acids is 1. The van der Waals surface area contributed by atoms with Crippen LogP contribution < -0.4 is 5.32 Å². The number of hydrogen-bond donors (Lipinski definition) is 1. The van der Waals surface area contributed by atoms with Crippen LogP contribution in [0.3, 0.4) is 0 Å². The number of benzene rings is 2. The molecule has 0 bridgehead atoms. The Kier molecular flexibility index (Phi) is 5.32. The van der Waals surface area contributed by atoms with Crippen molar-refractivity contribution in [3.8, 4) is 11.3 Å². The van der Waals surface area contributed by atoms with Crippen molar-refractivity contribution < 1.29 is 9.18 Å². The van der Waals surface area contributed by atoms with E-state index in [1.165, 1.54) is 18.2 Å². The van der Waals surface area contributed by atoms with Crippen LogP contribution in [0.4, 0.5) is 4.39 Å². The number of rotatable bonds is 6. The molecule has 1 N–H and O–H groups in total. The van der Waals surface area contributed by atoms with Gasteiger partial charge in [0.1, 0.15) is 11.3 Å². The maximum Gasteiger partial charge on any atom is 0.254 e. The molecule has 0 saturated carbocycles. The van der Waals surface area contributed by atoms with Crippen LogP contribution in [0.1, 0.15) is 15.9 Å². The third-order valence-corrected chi connectivity index (χ3v) is 5.28. The third kappa shape index (κ3) is 4.06. The highest BCUT2D eigenvalue weighted by molar-refractivity contribution is 5.95. The largest absolute Gasteiger partial charge is 0.348 e. The molecule has 1 amide bonds. The molecule has 3 heterocycles. The predicted octanol–water partition coefficient (Wildman–Crippen LogP) is 4.14. The van der Waals surface area contributed by atoms with Crippen molar-refractivity contribution in [3.05, 3.63) is 96.5 Å². The Morgan fingerprint density at radius 3 is 2.82 bits per heavy atom. The highest BCUT2D eigenvalue weighted by atomic mass is 19.1. The molecule has 0 fully saturated rings. The number of hydrogen-bond acceptors (Lipinski definition) is 5. The molecule has 0 spiro atoms. The van der Waals surface area contributed by atoms with E-state index in [1.807, 2.05) is 24.3 Å². The van der Waals surface area contributed by atoms with Crippen LogP contribution in [0.25, 0.3) is 33.3 Å². The number of halogens is 1. The molecule has 5 rings (SSSR count). The zero-order valence-corrected chi connectivity index (χ0v) is 17.6. The van der Waals surface area contributed by atoms with Crippen LogP contribution in [-0.4, -0.2) is 37.4 Å². The van der Waals surface area contributed by atoms with Crippen LogP contribution in [0.15, 0.2) is 79.5 Å². The minimum absolute atomic E-state index is 0.0285. The lowest BCUT2D eigenvalue weighted by Gasteiger charge is -2.07. The minimum atomic E-state index is -0.618. The molecular weight excluding hydrogens is 419 g/mol. The summed E-state index contributed by atoms with van der Waals surface area (Å²) in [7, 11) is 0. The Hall–Kier alpha value is -4.46. The van der Waals surface area contributed by atoms with Crippen LogP contribution in [0.2, 0.25) is 0 Å². The van der Waals surface area contributed by atoms with E-state index >= 15 is 0 Å². The summed E-state index contributed by atoms with van der Waals surface area (Å²) in [6, 6.07) is 17.9. The van der Waals surface area contributed by atoms with Gasteiger partial charge in [-0.25, -0.2) is 14.1 Å². The molecule has 0 aliphatic heterocycles. The summed E-state index contributed by atoms with van der Waals surface area (Å²) in [5.74, 6) is -1.11. The number of carbonyl (C=O) groups is 1. The van der Waals surface area contributed by atoms with Crippen LogP contribution in [0, 0.1) is 5.82 Å². The first-order chi connectivity index (χ1) is 16.1. The zero-order valence-electron chi connectivity index (χ0n) is 17.6. The van der Waals surface area contributed by atoms with Gasteiger partial charge in [-0.05, 0) is 48.0 Å². The van der Waals surface area contributed by atoms with Crippen molar-refractivity contribution in [2.45, 2.75) is 6.54 Å². The van der Waals surface area contributed by atoms with E-state index in [0.29, 0.717) is 29.0 Å². The maximum atomic E-state index is 14.6. The molecule has 0 unspecified atom stereocenters. The lowest BCUT2D eigenvalue weighted by molar-refractivity contribution is 0.0954. The molecule has 7 nitrogen and oxygen atoms in total. The Bertz CT molecular complexity index is 1510. The van der Waals surface area contributed by atoms with Crippen molar-refractivity contribution in [1.82, 2.24) is 30.3 Å². The van der Waals surface area contributed by atoms with Gasteiger partial charge in [0.25, 0.3) is 5.91 Å². The summed E-state index contributed by atoms with van der Waals surface area (Å²) >= 11 is 0. The van der Waals surface area contributed by atoms with Crippen molar-refractivity contribution >= 4 is 28.0 Å². The van der Waals surface area contributed by atoms with E-state index in [1.54, 1.807) is 29.1 Å². The fraction of sp³-hybridized carbons (Fsp3) is 0.0800. The number of pyridine rings is 2. The molecule has 0 aliphatic rings. The van der Waals surface area contributed by atoms with E-state index in [0.717, 1.165) is 16.5 Å². The van der Waals surface area contributed by atoms with Gasteiger partial charge in [0.2, 0.25) is 0 Å². The molecule has 0 atom stereocenters. The first-order valence-corrected chi connectivity index (χ1v) is 10.4. The fourth-order valence-corrected chi connectivity index (χ4v) is 3.64. The molecule has 0 saturated heterocycles. The van der Waals surface area contributed by atoms with Gasteiger partial charge in [0, 0.05) is 23.7 Å². The van der Waals surface area contributed by atoms with Gasteiger partial charge in [-0.15, -0.1) is 11.7 Å². The summed E-state index contributed by atoms with van der Waals surface area (Å²) in [6.07, 6.45) is 3.30. The number of nitrogens with zero attached hydrogens (tertiary/aromatic N) is 5. The summed E-state index contributed by atoms with van der Waals surface area (Å²) in [4.78, 5) is 21.1. The van der Waals surface area contributed by atoms with Gasteiger partial charge in [-0.2, -0.15) is 0 Å². The Morgan fingerprint density at radius 2 is 1.97 bits per heavy atom. The number of fused-ring (bicyclic) bond motifs is 2. The fourth-order valence-electron chi connectivity index (χ4n) is 3.64. The van der Waals surface area contributed by atoms with Gasteiger partial charge in [0.15, 0.2) is 5.65 Å². The number of aromatic nitrogens is 5. The van der Waals surface area contributed by atoms with Crippen molar-refractivity contribution in [3.63, 3.8) is 0 Å². The minimum Gasteiger partial charge on any atom is -0.348 e. The van der Waals surface area contributed by atoms with Crippen LogP contribution in [-0.2, 0) is 6.54 Å². The quantitative estimate of drug-likeness (QED) is 0.403. The molecule has 0 radical (unpaired) electrons. The molecule has 8 heteroatoms. The number of nitrogens with one attached hydrogen (secondary N) is 1.